The Kier molecular flexibility index (Phi) is 8.04. The number of unbranched alkanes of at least 4 members (excludes halogenated alkanes) is 1. The first kappa shape index (κ1) is 18.9. The molecule has 0 aliphatic heterocycles. The molecule has 0 bridgehead atoms. The summed E-state index contributed by atoms with van der Waals surface area (Å²) in [6.07, 6.45) is 4.10. The van der Waals surface area contributed by atoms with Gasteiger partial charge in [0.25, 0.3) is 5.91 Å². The van der Waals surface area contributed by atoms with E-state index < -0.39 is 5.97 Å². The first-order valence-corrected chi connectivity index (χ1v) is 7.65. The number of aromatic nitrogens is 1. The molecule has 1 rings (SSSR count). The van der Waals surface area contributed by atoms with Gasteiger partial charge in [0.2, 0.25) is 0 Å². The minimum Gasteiger partial charge on any atom is -0.494 e. The lowest BCUT2D eigenvalue weighted by atomic mass is 10.1. The van der Waals surface area contributed by atoms with Crippen LogP contribution in [0.15, 0.2) is 6.20 Å². The van der Waals surface area contributed by atoms with Gasteiger partial charge in [0.15, 0.2) is 11.4 Å². The summed E-state index contributed by atoms with van der Waals surface area (Å²) < 4.78 is 10.5. The van der Waals surface area contributed by atoms with Gasteiger partial charge in [-0.2, -0.15) is 0 Å². The number of ether oxygens (including phenoxy) is 2. The van der Waals surface area contributed by atoms with E-state index in [1.165, 1.54) is 13.3 Å². The SMILES string of the molecule is CCCCOCCCNC(=O)c1cnc(C(=O)O)c(OC)c1C. The maximum atomic E-state index is 12.2. The molecule has 0 fully saturated rings. The van der Waals surface area contributed by atoms with E-state index in [0.717, 1.165) is 19.4 Å². The number of carbonyl (C=O) groups excluding carboxylic acids is 1. The first-order chi connectivity index (χ1) is 11.0. The molecule has 0 aromatic carbocycles. The minimum atomic E-state index is -1.19. The summed E-state index contributed by atoms with van der Waals surface area (Å²) in [5.41, 5.74) is 0.557. The predicted molar refractivity (Wildman–Crippen MR) is 85.2 cm³/mol. The highest BCUT2D eigenvalue weighted by molar-refractivity contribution is 5.98. The maximum Gasteiger partial charge on any atom is 0.358 e. The average molecular weight is 324 g/mol. The van der Waals surface area contributed by atoms with Gasteiger partial charge < -0.3 is 19.9 Å². The largest absolute Gasteiger partial charge is 0.494 e. The van der Waals surface area contributed by atoms with Crippen molar-refractivity contribution in [2.75, 3.05) is 26.9 Å². The normalized spacial score (nSPS) is 10.4. The van der Waals surface area contributed by atoms with Crippen molar-refractivity contribution < 1.29 is 24.2 Å². The number of aromatic carboxylic acids is 1. The Labute approximate surface area is 136 Å². The van der Waals surface area contributed by atoms with Gasteiger partial charge in [-0.25, -0.2) is 9.78 Å². The summed E-state index contributed by atoms with van der Waals surface area (Å²) in [5.74, 6) is -1.40. The van der Waals surface area contributed by atoms with E-state index in [9.17, 15) is 9.59 Å². The molecule has 0 spiro atoms. The fraction of sp³-hybridized carbons (Fsp3) is 0.562. The molecule has 1 aromatic rings. The highest BCUT2D eigenvalue weighted by Gasteiger charge is 2.20. The molecule has 0 aliphatic rings. The molecule has 0 saturated carbocycles. The number of nitrogens with one attached hydrogen (secondary N) is 1. The number of pyridine rings is 1. The topological polar surface area (TPSA) is 97.8 Å². The number of carbonyl (C=O) groups is 2. The van der Waals surface area contributed by atoms with Crippen molar-refractivity contribution in [3.05, 3.63) is 23.0 Å². The van der Waals surface area contributed by atoms with Crippen LogP contribution in [0, 0.1) is 6.92 Å². The Morgan fingerprint density at radius 3 is 2.61 bits per heavy atom. The van der Waals surface area contributed by atoms with Crippen LogP contribution in [0.3, 0.4) is 0 Å². The van der Waals surface area contributed by atoms with Crippen molar-refractivity contribution in [3.63, 3.8) is 0 Å². The van der Waals surface area contributed by atoms with Gasteiger partial charge in [0.05, 0.1) is 12.7 Å². The Balaban J connectivity index is 2.58. The van der Waals surface area contributed by atoms with Crippen LogP contribution < -0.4 is 10.1 Å². The van der Waals surface area contributed by atoms with Gasteiger partial charge in [-0.3, -0.25) is 4.79 Å². The van der Waals surface area contributed by atoms with Gasteiger partial charge in [-0.1, -0.05) is 13.3 Å². The monoisotopic (exact) mass is 324 g/mol. The zero-order chi connectivity index (χ0) is 17.2. The van der Waals surface area contributed by atoms with Gasteiger partial charge in [0, 0.05) is 31.5 Å². The summed E-state index contributed by atoms with van der Waals surface area (Å²) in [6, 6.07) is 0. The summed E-state index contributed by atoms with van der Waals surface area (Å²) >= 11 is 0. The molecule has 1 amide bonds. The summed E-state index contributed by atoms with van der Waals surface area (Å²) in [6.45, 7) is 5.55. The number of rotatable bonds is 10. The van der Waals surface area contributed by atoms with E-state index >= 15 is 0 Å². The highest BCUT2D eigenvalue weighted by Crippen LogP contribution is 2.24. The maximum absolute atomic E-state index is 12.2. The molecule has 0 radical (unpaired) electrons. The predicted octanol–water partition coefficient (Wildman–Crippen LogP) is 2.03. The van der Waals surface area contributed by atoms with Gasteiger partial charge in [-0.05, 0) is 19.8 Å². The van der Waals surface area contributed by atoms with Crippen LogP contribution in [-0.2, 0) is 4.74 Å². The Morgan fingerprint density at radius 2 is 2.00 bits per heavy atom. The molecule has 7 nitrogen and oxygen atoms in total. The number of methoxy groups -OCH3 is 1. The van der Waals surface area contributed by atoms with Crippen LogP contribution in [-0.4, -0.2) is 48.8 Å². The Hall–Kier alpha value is -2.15. The van der Waals surface area contributed by atoms with Crippen molar-refractivity contribution in [1.29, 1.82) is 0 Å². The fourth-order valence-electron chi connectivity index (χ4n) is 2.04. The minimum absolute atomic E-state index is 0.105. The van der Waals surface area contributed by atoms with E-state index in [2.05, 4.69) is 17.2 Å². The zero-order valence-corrected chi connectivity index (χ0v) is 13.8. The third kappa shape index (κ3) is 5.52. The van der Waals surface area contributed by atoms with Crippen LogP contribution in [0.2, 0.25) is 0 Å². The fourth-order valence-corrected chi connectivity index (χ4v) is 2.04. The van der Waals surface area contributed by atoms with Crippen LogP contribution in [0.1, 0.15) is 52.6 Å². The lowest BCUT2D eigenvalue weighted by molar-refractivity contribution is 0.0685. The number of carboxylic acid groups (broad SMARTS) is 1. The highest BCUT2D eigenvalue weighted by atomic mass is 16.5. The van der Waals surface area contributed by atoms with E-state index in [-0.39, 0.29) is 17.4 Å². The molecule has 0 aliphatic carbocycles. The number of hydrogen-bond donors (Lipinski definition) is 2. The van der Waals surface area contributed by atoms with Crippen LogP contribution in [0.5, 0.6) is 5.75 Å². The molecule has 2 N–H and O–H groups in total. The van der Waals surface area contributed by atoms with Crippen LogP contribution in [0.25, 0.3) is 0 Å². The van der Waals surface area contributed by atoms with Gasteiger partial charge in [0.1, 0.15) is 0 Å². The number of nitrogens with zero attached hydrogens (tertiary/aromatic N) is 1. The van der Waals surface area contributed by atoms with Crippen molar-refractivity contribution in [1.82, 2.24) is 10.3 Å². The second kappa shape index (κ2) is 9.78. The van der Waals surface area contributed by atoms with Crippen LogP contribution in [0.4, 0.5) is 0 Å². The first-order valence-electron chi connectivity index (χ1n) is 7.65. The molecular weight excluding hydrogens is 300 g/mol. The van der Waals surface area contributed by atoms with Crippen molar-refractivity contribution in [3.8, 4) is 5.75 Å². The lowest BCUT2D eigenvalue weighted by Crippen LogP contribution is -2.26. The molecule has 23 heavy (non-hydrogen) atoms. The molecule has 0 atom stereocenters. The van der Waals surface area contributed by atoms with E-state index in [1.807, 2.05) is 0 Å². The second-order valence-electron chi connectivity index (χ2n) is 5.06. The molecule has 1 heterocycles. The molecule has 0 saturated heterocycles. The van der Waals surface area contributed by atoms with Gasteiger partial charge >= 0.3 is 5.97 Å². The number of amides is 1. The Morgan fingerprint density at radius 1 is 1.30 bits per heavy atom. The molecular formula is C16H24N2O5. The number of hydrogen-bond acceptors (Lipinski definition) is 5. The molecule has 7 heteroatoms. The molecule has 0 unspecified atom stereocenters. The quantitative estimate of drug-likeness (QED) is 0.639. The zero-order valence-electron chi connectivity index (χ0n) is 13.8. The summed E-state index contributed by atoms with van der Waals surface area (Å²) in [5, 5.41) is 11.8. The van der Waals surface area contributed by atoms with Gasteiger partial charge in [-0.15, -0.1) is 0 Å². The summed E-state index contributed by atoms with van der Waals surface area (Å²) in [7, 11) is 1.35. The summed E-state index contributed by atoms with van der Waals surface area (Å²) in [4.78, 5) is 27.0. The van der Waals surface area contributed by atoms with Crippen molar-refractivity contribution in [2.45, 2.75) is 33.1 Å². The van der Waals surface area contributed by atoms with Crippen LogP contribution >= 0.6 is 0 Å². The third-order valence-electron chi connectivity index (χ3n) is 3.33. The molecule has 1 aromatic heterocycles. The second-order valence-corrected chi connectivity index (χ2v) is 5.06. The Bertz CT molecular complexity index is 546. The van der Waals surface area contributed by atoms with Crippen molar-refractivity contribution in [2.24, 2.45) is 0 Å². The smallest absolute Gasteiger partial charge is 0.358 e. The number of carboxylic acids is 1. The van der Waals surface area contributed by atoms with E-state index in [0.29, 0.717) is 30.7 Å². The third-order valence-corrected chi connectivity index (χ3v) is 3.33. The average Bonchev–Trinajstić information content (AvgIpc) is 2.53. The van der Waals surface area contributed by atoms with E-state index in [4.69, 9.17) is 14.6 Å². The van der Waals surface area contributed by atoms with Crippen molar-refractivity contribution >= 4 is 11.9 Å². The standard InChI is InChI=1S/C16H24N2O5/c1-4-5-8-23-9-6-7-17-15(19)12-10-18-13(16(20)21)14(22-3)11(12)2/h10H,4-9H2,1-3H3,(H,17,19)(H,20,21). The lowest BCUT2D eigenvalue weighted by Gasteiger charge is -2.12. The van der Waals surface area contributed by atoms with E-state index in [1.54, 1.807) is 6.92 Å². The molecule has 128 valence electrons.